The lowest BCUT2D eigenvalue weighted by atomic mass is 10.1. The summed E-state index contributed by atoms with van der Waals surface area (Å²) >= 11 is 0. The van der Waals surface area contributed by atoms with Gasteiger partial charge in [0.2, 0.25) is 0 Å². The van der Waals surface area contributed by atoms with Crippen LogP contribution in [0, 0.1) is 6.92 Å². The van der Waals surface area contributed by atoms with Crippen molar-refractivity contribution in [2.75, 3.05) is 13.2 Å². The van der Waals surface area contributed by atoms with E-state index in [1.165, 1.54) is 5.56 Å². The molecule has 3 aromatic rings. The van der Waals surface area contributed by atoms with E-state index >= 15 is 0 Å². The maximum absolute atomic E-state index is 12.1. The molecule has 0 saturated heterocycles. The quantitative estimate of drug-likeness (QED) is 0.608. The second kappa shape index (κ2) is 8.94. The highest BCUT2D eigenvalue weighted by atomic mass is 16.5. The van der Waals surface area contributed by atoms with Crippen molar-refractivity contribution in [3.8, 4) is 0 Å². The first-order valence-corrected chi connectivity index (χ1v) is 8.97. The zero-order valence-corrected chi connectivity index (χ0v) is 15.5. The summed E-state index contributed by atoms with van der Waals surface area (Å²) in [6.45, 7) is 2.13. The van der Waals surface area contributed by atoms with E-state index in [1.54, 1.807) is 24.3 Å². The van der Waals surface area contributed by atoms with Crippen molar-refractivity contribution in [3.05, 3.63) is 75.7 Å². The standard InChI is InChI=1S/C21H21N3O4/c1-14-6-2-3-7-15(14)10-11-22-19(25)13-28-20(26)12-18-16-8-4-5-9-17(16)21(27)24-23-18/h2-9H,10-13H2,1H3,(H,22,25)(H,24,27). The minimum absolute atomic E-state index is 0.131. The number of nitrogens with zero attached hydrogens (tertiary/aromatic N) is 1. The van der Waals surface area contributed by atoms with Gasteiger partial charge in [-0.15, -0.1) is 0 Å². The summed E-state index contributed by atoms with van der Waals surface area (Å²) in [6, 6.07) is 14.8. The number of esters is 1. The van der Waals surface area contributed by atoms with Crippen molar-refractivity contribution in [3.63, 3.8) is 0 Å². The van der Waals surface area contributed by atoms with Crippen molar-refractivity contribution in [2.45, 2.75) is 19.8 Å². The van der Waals surface area contributed by atoms with Crippen LogP contribution in [0.15, 0.2) is 53.3 Å². The van der Waals surface area contributed by atoms with Crippen LogP contribution in [-0.2, 0) is 27.2 Å². The first kappa shape index (κ1) is 19.3. The highest BCUT2D eigenvalue weighted by Crippen LogP contribution is 2.13. The van der Waals surface area contributed by atoms with Crippen LogP contribution in [0.1, 0.15) is 16.8 Å². The van der Waals surface area contributed by atoms with Gasteiger partial charge in [0.25, 0.3) is 11.5 Å². The number of amides is 1. The van der Waals surface area contributed by atoms with E-state index in [2.05, 4.69) is 15.5 Å². The summed E-state index contributed by atoms with van der Waals surface area (Å²) in [6.07, 6.45) is 0.577. The van der Waals surface area contributed by atoms with Gasteiger partial charge in [-0.1, -0.05) is 42.5 Å². The number of hydrogen-bond donors (Lipinski definition) is 2. The molecule has 0 saturated carbocycles. The minimum Gasteiger partial charge on any atom is -0.455 e. The highest BCUT2D eigenvalue weighted by molar-refractivity contribution is 5.87. The van der Waals surface area contributed by atoms with Crippen molar-refractivity contribution in [1.29, 1.82) is 0 Å². The second-order valence-electron chi connectivity index (χ2n) is 6.41. The molecule has 0 radical (unpaired) electrons. The molecule has 144 valence electrons. The van der Waals surface area contributed by atoms with Gasteiger partial charge in [-0.25, -0.2) is 5.10 Å². The number of rotatable bonds is 7. The van der Waals surface area contributed by atoms with Gasteiger partial charge in [0.1, 0.15) is 0 Å². The number of benzene rings is 2. The van der Waals surface area contributed by atoms with E-state index < -0.39 is 5.97 Å². The number of fused-ring (bicyclic) bond motifs is 1. The first-order valence-electron chi connectivity index (χ1n) is 8.97. The normalized spacial score (nSPS) is 10.6. The van der Waals surface area contributed by atoms with Crippen molar-refractivity contribution in [1.82, 2.24) is 15.5 Å². The van der Waals surface area contributed by atoms with E-state index in [1.807, 2.05) is 31.2 Å². The largest absolute Gasteiger partial charge is 0.455 e. The van der Waals surface area contributed by atoms with E-state index in [4.69, 9.17) is 4.74 Å². The second-order valence-corrected chi connectivity index (χ2v) is 6.41. The zero-order chi connectivity index (χ0) is 19.9. The van der Waals surface area contributed by atoms with E-state index in [0.29, 0.717) is 29.4 Å². The predicted octanol–water partition coefficient (Wildman–Crippen LogP) is 1.68. The van der Waals surface area contributed by atoms with Crippen LogP contribution in [0.25, 0.3) is 10.8 Å². The highest BCUT2D eigenvalue weighted by Gasteiger charge is 2.13. The molecule has 2 N–H and O–H groups in total. The Morgan fingerprint density at radius 1 is 1.07 bits per heavy atom. The maximum Gasteiger partial charge on any atom is 0.312 e. The molecular weight excluding hydrogens is 358 g/mol. The van der Waals surface area contributed by atoms with Gasteiger partial charge < -0.3 is 10.1 Å². The SMILES string of the molecule is Cc1ccccc1CCNC(=O)COC(=O)Cc1n[nH]c(=O)c2ccccc12. The summed E-state index contributed by atoms with van der Waals surface area (Å²) in [4.78, 5) is 35.7. The van der Waals surface area contributed by atoms with Crippen molar-refractivity contribution in [2.24, 2.45) is 0 Å². The monoisotopic (exact) mass is 379 g/mol. The molecule has 1 amide bonds. The number of aryl methyl sites for hydroxylation is 1. The fraction of sp³-hybridized carbons (Fsp3) is 0.238. The van der Waals surface area contributed by atoms with Crippen LogP contribution in [-0.4, -0.2) is 35.2 Å². The van der Waals surface area contributed by atoms with Gasteiger partial charge in [0, 0.05) is 11.9 Å². The minimum atomic E-state index is -0.584. The molecule has 7 nitrogen and oxygen atoms in total. The fourth-order valence-corrected chi connectivity index (χ4v) is 2.92. The van der Waals surface area contributed by atoms with Crippen LogP contribution in [0.5, 0.6) is 0 Å². The first-order chi connectivity index (χ1) is 13.5. The lowest BCUT2D eigenvalue weighted by Gasteiger charge is -2.08. The summed E-state index contributed by atoms with van der Waals surface area (Å²) in [7, 11) is 0. The predicted molar refractivity (Wildman–Crippen MR) is 105 cm³/mol. The van der Waals surface area contributed by atoms with Crippen LogP contribution >= 0.6 is 0 Å². The molecule has 0 aliphatic heterocycles. The average Bonchev–Trinajstić information content (AvgIpc) is 2.70. The molecule has 7 heteroatoms. The number of aromatic nitrogens is 2. The van der Waals surface area contributed by atoms with Gasteiger partial charge in [-0.2, -0.15) is 5.10 Å². The van der Waals surface area contributed by atoms with Crippen LogP contribution in [0.2, 0.25) is 0 Å². The molecule has 0 fully saturated rings. The number of carbonyl (C=O) groups is 2. The molecule has 3 rings (SSSR count). The zero-order valence-electron chi connectivity index (χ0n) is 15.5. The Kier molecular flexibility index (Phi) is 6.16. The Hall–Kier alpha value is -3.48. The van der Waals surface area contributed by atoms with Crippen LogP contribution in [0.4, 0.5) is 0 Å². The number of nitrogens with one attached hydrogen (secondary N) is 2. The lowest BCUT2D eigenvalue weighted by molar-refractivity contribution is -0.147. The summed E-state index contributed by atoms with van der Waals surface area (Å²) < 4.78 is 5.03. The summed E-state index contributed by atoms with van der Waals surface area (Å²) in [5.41, 5.74) is 2.42. The number of aromatic amines is 1. The number of carbonyl (C=O) groups excluding carboxylic acids is 2. The number of ether oxygens (including phenoxy) is 1. The third-order valence-electron chi connectivity index (χ3n) is 4.43. The van der Waals surface area contributed by atoms with E-state index in [9.17, 15) is 14.4 Å². The van der Waals surface area contributed by atoms with Crippen molar-refractivity contribution < 1.29 is 14.3 Å². The summed E-state index contributed by atoms with van der Waals surface area (Å²) in [5, 5.41) is 10.1. The fourth-order valence-electron chi connectivity index (χ4n) is 2.92. The Bertz CT molecular complexity index is 1060. The van der Waals surface area contributed by atoms with Gasteiger partial charge in [-0.05, 0) is 30.5 Å². The molecule has 1 heterocycles. The third kappa shape index (κ3) is 4.82. The Balaban J connectivity index is 1.48. The molecule has 0 spiro atoms. The smallest absolute Gasteiger partial charge is 0.312 e. The third-order valence-corrected chi connectivity index (χ3v) is 4.43. The Labute approximate surface area is 161 Å². The topological polar surface area (TPSA) is 101 Å². The van der Waals surface area contributed by atoms with Gasteiger partial charge in [0.15, 0.2) is 6.61 Å². The molecule has 28 heavy (non-hydrogen) atoms. The molecule has 0 aliphatic rings. The molecular formula is C21H21N3O4. The van der Waals surface area contributed by atoms with Crippen LogP contribution < -0.4 is 10.9 Å². The molecule has 0 atom stereocenters. The number of hydrogen-bond acceptors (Lipinski definition) is 5. The molecule has 0 bridgehead atoms. The Morgan fingerprint density at radius 2 is 1.79 bits per heavy atom. The van der Waals surface area contributed by atoms with Crippen molar-refractivity contribution >= 4 is 22.6 Å². The van der Waals surface area contributed by atoms with Gasteiger partial charge in [-0.3, -0.25) is 14.4 Å². The number of H-pyrrole nitrogens is 1. The van der Waals surface area contributed by atoms with E-state index in [-0.39, 0.29) is 24.5 Å². The van der Waals surface area contributed by atoms with Gasteiger partial charge in [0.05, 0.1) is 17.5 Å². The van der Waals surface area contributed by atoms with E-state index in [0.717, 1.165) is 5.56 Å². The Morgan fingerprint density at radius 3 is 2.57 bits per heavy atom. The van der Waals surface area contributed by atoms with Gasteiger partial charge >= 0.3 is 5.97 Å². The molecule has 1 aromatic heterocycles. The molecule has 2 aromatic carbocycles. The maximum atomic E-state index is 12.1. The van der Waals surface area contributed by atoms with Crippen LogP contribution in [0.3, 0.4) is 0 Å². The molecule has 0 aliphatic carbocycles. The molecule has 0 unspecified atom stereocenters. The summed E-state index contributed by atoms with van der Waals surface area (Å²) in [5.74, 6) is -0.944. The lowest BCUT2D eigenvalue weighted by Crippen LogP contribution is -2.31. The average molecular weight is 379 g/mol.